The Balaban J connectivity index is 1.81. The Morgan fingerprint density at radius 1 is 1.24 bits per heavy atom. The summed E-state index contributed by atoms with van der Waals surface area (Å²) in [4.78, 5) is 42.6. The first kappa shape index (κ1) is 23.5. The lowest BCUT2D eigenvalue weighted by atomic mass is 10.1. The zero-order valence-corrected chi connectivity index (χ0v) is 19.7. The number of hydrogen-bond acceptors (Lipinski definition) is 6. The highest BCUT2D eigenvalue weighted by Crippen LogP contribution is 2.26. The second-order valence-electron chi connectivity index (χ2n) is 7.71. The number of fused-ring (bicyclic) bond motifs is 1. The van der Waals surface area contributed by atoms with Crippen LogP contribution in [-0.4, -0.2) is 40.0 Å². The van der Waals surface area contributed by atoms with Crippen molar-refractivity contribution in [1.29, 1.82) is 0 Å². The van der Waals surface area contributed by atoms with Gasteiger partial charge in [-0.1, -0.05) is 30.0 Å². The molecule has 0 spiro atoms. The predicted molar refractivity (Wildman–Crippen MR) is 128 cm³/mol. The van der Waals surface area contributed by atoms with Crippen molar-refractivity contribution in [3.63, 3.8) is 0 Å². The number of para-hydroxylation sites is 1. The third-order valence-corrected chi connectivity index (χ3v) is 6.33. The third kappa shape index (κ3) is 4.54. The van der Waals surface area contributed by atoms with Gasteiger partial charge in [0.2, 0.25) is 0 Å². The highest BCUT2D eigenvalue weighted by molar-refractivity contribution is 7.99. The number of amides is 2. The van der Waals surface area contributed by atoms with Gasteiger partial charge in [0.15, 0.2) is 5.16 Å². The van der Waals surface area contributed by atoms with Gasteiger partial charge in [-0.25, -0.2) is 19.0 Å². The Morgan fingerprint density at radius 3 is 2.74 bits per heavy atom. The summed E-state index contributed by atoms with van der Waals surface area (Å²) in [5, 5.41) is 6.00. The summed E-state index contributed by atoms with van der Waals surface area (Å²) in [6, 6.07) is 10.4. The molecule has 2 amide bonds. The SMILES string of the molecule is CCOC(=O)C1=C(CSc2nc3ccccc3c(=O)n2-c2ccc(C)c(F)c2)NC(=O)NC1C. The second-order valence-corrected chi connectivity index (χ2v) is 8.65. The highest BCUT2D eigenvalue weighted by Gasteiger charge is 2.30. The quantitative estimate of drug-likeness (QED) is 0.317. The number of hydrogen-bond donors (Lipinski definition) is 2. The molecule has 0 saturated heterocycles. The van der Waals surface area contributed by atoms with Gasteiger partial charge in [-0.2, -0.15) is 0 Å². The zero-order chi connectivity index (χ0) is 24.4. The molecule has 1 aliphatic heterocycles. The number of esters is 1. The Hall–Kier alpha value is -3.66. The molecule has 4 rings (SSSR count). The van der Waals surface area contributed by atoms with Gasteiger partial charge >= 0.3 is 12.0 Å². The fraction of sp³-hybridized carbons (Fsp3) is 0.250. The molecule has 0 saturated carbocycles. The van der Waals surface area contributed by atoms with E-state index in [4.69, 9.17) is 4.74 Å². The van der Waals surface area contributed by atoms with Crippen LogP contribution >= 0.6 is 11.8 Å². The van der Waals surface area contributed by atoms with Crippen LogP contribution in [0.1, 0.15) is 19.4 Å². The minimum atomic E-state index is -0.554. The van der Waals surface area contributed by atoms with Crippen LogP contribution in [0.5, 0.6) is 0 Å². The fourth-order valence-corrected chi connectivity index (χ4v) is 4.67. The van der Waals surface area contributed by atoms with Crippen LogP contribution < -0.4 is 16.2 Å². The number of nitrogens with one attached hydrogen (secondary N) is 2. The lowest BCUT2D eigenvalue weighted by Crippen LogP contribution is -2.49. The van der Waals surface area contributed by atoms with E-state index in [9.17, 15) is 18.8 Å². The summed E-state index contributed by atoms with van der Waals surface area (Å²) < 4.78 is 20.9. The summed E-state index contributed by atoms with van der Waals surface area (Å²) in [5.74, 6) is -0.854. The molecule has 2 heterocycles. The molecule has 2 N–H and O–H groups in total. The monoisotopic (exact) mass is 482 g/mol. The summed E-state index contributed by atoms with van der Waals surface area (Å²) in [6.07, 6.45) is 0. The molecule has 176 valence electrons. The van der Waals surface area contributed by atoms with Gasteiger partial charge in [-0.3, -0.25) is 9.36 Å². The second kappa shape index (κ2) is 9.68. The average molecular weight is 483 g/mol. The Labute approximate surface area is 199 Å². The number of rotatable bonds is 6. The molecule has 1 unspecified atom stereocenters. The molecule has 34 heavy (non-hydrogen) atoms. The van der Waals surface area contributed by atoms with E-state index in [1.807, 2.05) is 0 Å². The van der Waals surface area contributed by atoms with E-state index < -0.39 is 23.9 Å². The number of aromatic nitrogens is 2. The number of carbonyl (C=O) groups excluding carboxylic acids is 2. The van der Waals surface area contributed by atoms with E-state index in [1.165, 1.54) is 10.6 Å². The lowest BCUT2D eigenvalue weighted by Gasteiger charge is -2.26. The first-order chi connectivity index (χ1) is 16.3. The minimum absolute atomic E-state index is 0.130. The van der Waals surface area contributed by atoms with E-state index in [-0.39, 0.29) is 17.9 Å². The number of nitrogens with zero attached hydrogens (tertiary/aromatic N) is 2. The van der Waals surface area contributed by atoms with Crippen molar-refractivity contribution in [1.82, 2.24) is 20.2 Å². The summed E-state index contributed by atoms with van der Waals surface area (Å²) in [6.45, 7) is 5.22. The van der Waals surface area contributed by atoms with Crippen molar-refractivity contribution in [2.24, 2.45) is 0 Å². The van der Waals surface area contributed by atoms with Crippen LogP contribution in [0.15, 0.2) is 63.7 Å². The number of benzene rings is 2. The highest BCUT2D eigenvalue weighted by atomic mass is 32.2. The van der Waals surface area contributed by atoms with Crippen molar-refractivity contribution in [2.45, 2.75) is 32.0 Å². The van der Waals surface area contributed by atoms with E-state index >= 15 is 0 Å². The molecular formula is C24H23FN4O4S. The molecule has 1 aliphatic rings. The van der Waals surface area contributed by atoms with Crippen LogP contribution in [0.3, 0.4) is 0 Å². The van der Waals surface area contributed by atoms with Crippen molar-refractivity contribution >= 4 is 34.7 Å². The number of urea groups is 1. The maximum atomic E-state index is 14.4. The van der Waals surface area contributed by atoms with Crippen LogP contribution in [0.25, 0.3) is 16.6 Å². The lowest BCUT2D eigenvalue weighted by molar-refractivity contribution is -0.138. The van der Waals surface area contributed by atoms with E-state index in [2.05, 4.69) is 15.6 Å². The maximum Gasteiger partial charge on any atom is 0.337 e. The number of halogens is 1. The number of thioether (sulfide) groups is 1. The summed E-state index contributed by atoms with van der Waals surface area (Å²) >= 11 is 1.15. The predicted octanol–water partition coefficient (Wildman–Crippen LogP) is 3.44. The smallest absolute Gasteiger partial charge is 0.337 e. The normalized spacial score (nSPS) is 15.8. The van der Waals surface area contributed by atoms with Crippen LogP contribution in [0.2, 0.25) is 0 Å². The molecule has 0 aliphatic carbocycles. The maximum absolute atomic E-state index is 14.4. The Bertz CT molecular complexity index is 1390. The summed E-state index contributed by atoms with van der Waals surface area (Å²) in [5.41, 5.74) is 1.58. The van der Waals surface area contributed by atoms with Gasteiger partial charge in [0.1, 0.15) is 5.82 Å². The summed E-state index contributed by atoms with van der Waals surface area (Å²) in [7, 11) is 0. The van der Waals surface area contributed by atoms with Gasteiger partial charge < -0.3 is 15.4 Å². The molecule has 0 radical (unpaired) electrons. The van der Waals surface area contributed by atoms with Crippen molar-refractivity contribution < 1.29 is 18.7 Å². The van der Waals surface area contributed by atoms with E-state index in [0.717, 1.165) is 11.8 Å². The van der Waals surface area contributed by atoms with E-state index in [0.29, 0.717) is 38.6 Å². The first-order valence-corrected chi connectivity index (χ1v) is 11.7. The zero-order valence-electron chi connectivity index (χ0n) is 18.8. The fourth-order valence-electron chi connectivity index (χ4n) is 3.69. The molecular weight excluding hydrogens is 459 g/mol. The molecule has 0 fully saturated rings. The molecule has 1 atom stereocenters. The first-order valence-electron chi connectivity index (χ1n) is 10.7. The van der Waals surface area contributed by atoms with E-state index in [1.54, 1.807) is 57.2 Å². The number of carbonyl (C=O) groups is 2. The van der Waals surface area contributed by atoms with Gasteiger partial charge in [-0.05, 0) is 50.6 Å². The van der Waals surface area contributed by atoms with Crippen molar-refractivity contribution in [2.75, 3.05) is 12.4 Å². The van der Waals surface area contributed by atoms with Gasteiger partial charge in [-0.15, -0.1) is 0 Å². The number of aryl methyl sites for hydroxylation is 1. The van der Waals surface area contributed by atoms with Gasteiger partial charge in [0.05, 0.1) is 34.8 Å². The Morgan fingerprint density at radius 2 is 2.00 bits per heavy atom. The molecule has 1 aromatic heterocycles. The Kier molecular flexibility index (Phi) is 6.69. The molecule has 2 aromatic carbocycles. The largest absolute Gasteiger partial charge is 0.463 e. The van der Waals surface area contributed by atoms with Crippen molar-refractivity contribution in [3.8, 4) is 5.69 Å². The molecule has 0 bridgehead atoms. The molecule has 8 nitrogen and oxygen atoms in total. The number of ether oxygens (including phenoxy) is 1. The standard InChI is InChI=1S/C24H23FN4O4S/c1-4-33-22(31)20-14(3)26-23(32)27-19(20)12-34-24-28-18-8-6-5-7-16(18)21(30)29(24)15-10-9-13(2)17(25)11-15/h5-11,14H,4,12H2,1-3H3,(H2,26,27,32). The van der Waals surface area contributed by atoms with Crippen LogP contribution in [-0.2, 0) is 9.53 Å². The third-order valence-electron chi connectivity index (χ3n) is 5.37. The van der Waals surface area contributed by atoms with Gasteiger partial charge in [0, 0.05) is 11.4 Å². The molecule has 10 heteroatoms. The average Bonchev–Trinajstić information content (AvgIpc) is 2.79. The molecule has 3 aromatic rings. The van der Waals surface area contributed by atoms with Gasteiger partial charge in [0.25, 0.3) is 5.56 Å². The van der Waals surface area contributed by atoms with Crippen LogP contribution in [0.4, 0.5) is 9.18 Å². The topological polar surface area (TPSA) is 102 Å². The minimum Gasteiger partial charge on any atom is -0.463 e. The van der Waals surface area contributed by atoms with Crippen molar-refractivity contribution in [3.05, 3.63) is 75.5 Å². The van der Waals surface area contributed by atoms with Crippen LogP contribution in [0, 0.1) is 12.7 Å².